The number of carboxylic acids is 1. The van der Waals surface area contributed by atoms with Gasteiger partial charge in [0.15, 0.2) is 0 Å². The SMILES string of the molecule is Cc1cc(C(=O)O)cc(N2CC3CCCCN3CC2C)n1. The Morgan fingerprint density at radius 2 is 2.14 bits per heavy atom. The molecule has 0 aromatic carbocycles. The van der Waals surface area contributed by atoms with Crippen LogP contribution in [0.5, 0.6) is 0 Å². The van der Waals surface area contributed by atoms with Crippen LogP contribution < -0.4 is 4.90 Å². The molecule has 1 aromatic rings. The topological polar surface area (TPSA) is 56.7 Å². The van der Waals surface area contributed by atoms with Crippen LogP contribution in [0.2, 0.25) is 0 Å². The van der Waals surface area contributed by atoms with Crippen LogP contribution in [0.15, 0.2) is 12.1 Å². The van der Waals surface area contributed by atoms with Gasteiger partial charge in [0.05, 0.1) is 5.56 Å². The number of hydrogen-bond donors (Lipinski definition) is 1. The van der Waals surface area contributed by atoms with Crippen molar-refractivity contribution in [2.45, 2.75) is 45.2 Å². The molecule has 2 atom stereocenters. The van der Waals surface area contributed by atoms with Gasteiger partial charge in [-0.2, -0.15) is 0 Å². The van der Waals surface area contributed by atoms with Gasteiger partial charge in [0.25, 0.3) is 0 Å². The van der Waals surface area contributed by atoms with Crippen molar-refractivity contribution in [3.05, 3.63) is 23.4 Å². The maximum atomic E-state index is 11.2. The molecule has 2 fully saturated rings. The number of piperidine rings is 1. The fraction of sp³-hybridized carbons (Fsp3) is 0.625. The summed E-state index contributed by atoms with van der Waals surface area (Å²) in [6, 6.07) is 4.30. The summed E-state index contributed by atoms with van der Waals surface area (Å²) in [7, 11) is 0. The van der Waals surface area contributed by atoms with Gasteiger partial charge in [-0.15, -0.1) is 0 Å². The highest BCUT2D eigenvalue weighted by molar-refractivity contribution is 5.88. The molecule has 0 radical (unpaired) electrons. The van der Waals surface area contributed by atoms with E-state index in [9.17, 15) is 9.90 Å². The van der Waals surface area contributed by atoms with Crippen LogP contribution in [0.4, 0.5) is 5.82 Å². The lowest BCUT2D eigenvalue weighted by atomic mass is 9.97. The van der Waals surface area contributed by atoms with E-state index < -0.39 is 5.97 Å². The average Bonchev–Trinajstić information content (AvgIpc) is 2.45. The first kappa shape index (κ1) is 14.3. The second-order valence-electron chi connectivity index (χ2n) is 6.31. The van der Waals surface area contributed by atoms with Gasteiger partial charge in [-0.25, -0.2) is 9.78 Å². The van der Waals surface area contributed by atoms with E-state index in [0.717, 1.165) is 24.6 Å². The first-order valence-electron chi connectivity index (χ1n) is 7.77. The summed E-state index contributed by atoms with van der Waals surface area (Å²) < 4.78 is 0. The fourth-order valence-corrected chi connectivity index (χ4v) is 3.59. The normalized spacial score (nSPS) is 26.5. The molecule has 2 saturated heterocycles. The molecule has 3 heterocycles. The molecule has 3 rings (SSSR count). The third-order valence-corrected chi connectivity index (χ3v) is 4.67. The van der Waals surface area contributed by atoms with Crippen LogP contribution in [0, 0.1) is 6.92 Å². The predicted molar refractivity (Wildman–Crippen MR) is 82.0 cm³/mol. The average molecular weight is 289 g/mol. The van der Waals surface area contributed by atoms with Crippen molar-refractivity contribution in [2.75, 3.05) is 24.5 Å². The molecule has 2 unspecified atom stereocenters. The van der Waals surface area contributed by atoms with Gasteiger partial charge in [-0.05, 0) is 45.4 Å². The van der Waals surface area contributed by atoms with E-state index in [1.165, 1.54) is 25.8 Å². The summed E-state index contributed by atoms with van der Waals surface area (Å²) in [5.41, 5.74) is 1.10. The number of carbonyl (C=O) groups is 1. The lowest BCUT2D eigenvalue weighted by Gasteiger charge is -2.48. The maximum Gasteiger partial charge on any atom is 0.335 e. The molecule has 0 bridgehead atoms. The quantitative estimate of drug-likeness (QED) is 0.904. The second-order valence-corrected chi connectivity index (χ2v) is 6.31. The van der Waals surface area contributed by atoms with Crippen LogP contribution in [0.25, 0.3) is 0 Å². The van der Waals surface area contributed by atoms with E-state index in [0.29, 0.717) is 17.6 Å². The number of fused-ring (bicyclic) bond motifs is 1. The highest BCUT2D eigenvalue weighted by Gasteiger charge is 2.33. The molecule has 5 nitrogen and oxygen atoms in total. The number of aromatic carboxylic acids is 1. The fourth-order valence-electron chi connectivity index (χ4n) is 3.59. The molecule has 0 saturated carbocycles. The number of rotatable bonds is 2. The number of nitrogens with zero attached hydrogens (tertiary/aromatic N) is 3. The molecule has 0 spiro atoms. The Labute approximate surface area is 125 Å². The summed E-state index contributed by atoms with van der Waals surface area (Å²) >= 11 is 0. The number of hydrogen-bond acceptors (Lipinski definition) is 4. The third kappa shape index (κ3) is 2.88. The van der Waals surface area contributed by atoms with E-state index in [2.05, 4.69) is 21.7 Å². The molecule has 5 heteroatoms. The molecule has 0 amide bonds. The zero-order valence-corrected chi connectivity index (χ0v) is 12.7. The lowest BCUT2D eigenvalue weighted by molar-refractivity contribution is 0.0696. The van der Waals surface area contributed by atoms with Crippen molar-refractivity contribution in [1.29, 1.82) is 0 Å². The summed E-state index contributed by atoms with van der Waals surface area (Å²) in [4.78, 5) is 20.7. The number of aromatic nitrogens is 1. The van der Waals surface area contributed by atoms with Gasteiger partial charge in [0.1, 0.15) is 5.82 Å². The zero-order valence-electron chi connectivity index (χ0n) is 12.7. The third-order valence-electron chi connectivity index (χ3n) is 4.67. The summed E-state index contributed by atoms with van der Waals surface area (Å²) in [5, 5.41) is 9.23. The summed E-state index contributed by atoms with van der Waals surface area (Å²) in [5.74, 6) is -0.0733. The minimum atomic E-state index is -0.884. The van der Waals surface area contributed by atoms with Crippen LogP contribution >= 0.6 is 0 Å². The highest BCUT2D eigenvalue weighted by Crippen LogP contribution is 2.27. The van der Waals surface area contributed by atoms with Crippen molar-refractivity contribution >= 4 is 11.8 Å². The van der Waals surface area contributed by atoms with E-state index >= 15 is 0 Å². The van der Waals surface area contributed by atoms with Crippen molar-refractivity contribution in [3.63, 3.8) is 0 Å². The molecular formula is C16H23N3O2. The molecule has 114 valence electrons. The molecule has 1 aromatic heterocycles. The lowest BCUT2D eigenvalue weighted by Crippen LogP contribution is -2.59. The Kier molecular flexibility index (Phi) is 3.85. The molecular weight excluding hydrogens is 266 g/mol. The Bertz CT molecular complexity index is 546. The molecule has 1 N–H and O–H groups in total. The van der Waals surface area contributed by atoms with Gasteiger partial charge >= 0.3 is 5.97 Å². The Morgan fingerprint density at radius 1 is 1.33 bits per heavy atom. The molecule has 2 aliphatic heterocycles. The monoisotopic (exact) mass is 289 g/mol. The molecule has 21 heavy (non-hydrogen) atoms. The van der Waals surface area contributed by atoms with Crippen LogP contribution in [0.1, 0.15) is 42.2 Å². The summed E-state index contributed by atoms with van der Waals surface area (Å²) in [6.45, 7) is 7.26. The number of aryl methyl sites for hydroxylation is 1. The van der Waals surface area contributed by atoms with Crippen LogP contribution in [-0.4, -0.2) is 52.7 Å². The van der Waals surface area contributed by atoms with Gasteiger partial charge in [0, 0.05) is 30.9 Å². The minimum Gasteiger partial charge on any atom is -0.478 e. The van der Waals surface area contributed by atoms with Gasteiger partial charge in [0.2, 0.25) is 0 Å². The first-order valence-corrected chi connectivity index (χ1v) is 7.77. The van der Waals surface area contributed by atoms with Gasteiger partial charge in [-0.3, -0.25) is 4.90 Å². The van der Waals surface area contributed by atoms with Crippen molar-refractivity contribution in [3.8, 4) is 0 Å². The number of pyridine rings is 1. The van der Waals surface area contributed by atoms with Crippen molar-refractivity contribution in [1.82, 2.24) is 9.88 Å². The largest absolute Gasteiger partial charge is 0.478 e. The highest BCUT2D eigenvalue weighted by atomic mass is 16.4. The Balaban J connectivity index is 1.87. The van der Waals surface area contributed by atoms with Crippen LogP contribution in [-0.2, 0) is 0 Å². The molecule has 0 aliphatic carbocycles. The predicted octanol–water partition coefficient (Wildman–Crippen LogP) is 2.15. The van der Waals surface area contributed by atoms with Gasteiger partial charge in [-0.1, -0.05) is 6.42 Å². The van der Waals surface area contributed by atoms with E-state index in [1.807, 2.05) is 6.92 Å². The Hall–Kier alpha value is -1.62. The first-order chi connectivity index (χ1) is 10.0. The van der Waals surface area contributed by atoms with Crippen molar-refractivity contribution < 1.29 is 9.90 Å². The maximum absolute atomic E-state index is 11.2. The Morgan fingerprint density at radius 3 is 2.90 bits per heavy atom. The van der Waals surface area contributed by atoms with Gasteiger partial charge < -0.3 is 10.0 Å². The standard InChI is InChI=1S/C16H23N3O2/c1-11-7-13(16(20)21)8-15(17-11)19-10-14-5-3-4-6-18(14)9-12(19)2/h7-8,12,14H,3-6,9-10H2,1-2H3,(H,20,21). The number of anilines is 1. The number of piperazine rings is 1. The number of carboxylic acid groups (broad SMARTS) is 1. The van der Waals surface area contributed by atoms with E-state index in [4.69, 9.17) is 0 Å². The van der Waals surface area contributed by atoms with E-state index in [-0.39, 0.29) is 0 Å². The molecule has 2 aliphatic rings. The zero-order chi connectivity index (χ0) is 15.0. The summed E-state index contributed by atoms with van der Waals surface area (Å²) in [6.07, 6.45) is 3.83. The second kappa shape index (κ2) is 5.64. The minimum absolute atomic E-state index is 0.329. The van der Waals surface area contributed by atoms with E-state index in [1.54, 1.807) is 12.1 Å². The van der Waals surface area contributed by atoms with Crippen molar-refractivity contribution in [2.24, 2.45) is 0 Å². The smallest absolute Gasteiger partial charge is 0.335 e. The van der Waals surface area contributed by atoms with Crippen LogP contribution in [0.3, 0.4) is 0 Å².